The molecule has 1 saturated heterocycles. The number of anilines is 1. The minimum atomic E-state index is -0.876. The zero-order valence-corrected chi connectivity index (χ0v) is 19.3. The van der Waals surface area contributed by atoms with E-state index in [1.807, 2.05) is 30.3 Å². The third kappa shape index (κ3) is 5.11. The number of rotatable bonds is 5. The SMILES string of the molecule is CC(C)c1sc(NC(=O)C2CCN(C(=O)c3ccc(F)cc3F)CC2)nc1-c1ccccc1. The van der Waals surface area contributed by atoms with E-state index in [0.29, 0.717) is 37.1 Å². The Bertz CT molecular complexity index is 1160. The maximum atomic E-state index is 14.0. The molecule has 1 aliphatic rings. The molecular weight excluding hydrogens is 444 g/mol. The van der Waals surface area contributed by atoms with Crippen molar-refractivity contribution in [3.05, 3.63) is 70.6 Å². The molecule has 1 aliphatic heterocycles. The Balaban J connectivity index is 1.40. The lowest BCUT2D eigenvalue weighted by Crippen LogP contribution is -2.41. The number of benzene rings is 2. The molecule has 4 rings (SSSR count). The molecular formula is C25H25F2N3O2S. The van der Waals surface area contributed by atoms with Crippen molar-refractivity contribution in [1.82, 2.24) is 9.88 Å². The Morgan fingerprint density at radius 1 is 1.09 bits per heavy atom. The first kappa shape index (κ1) is 23.0. The third-order valence-electron chi connectivity index (χ3n) is 5.77. The van der Waals surface area contributed by atoms with E-state index < -0.39 is 17.5 Å². The summed E-state index contributed by atoms with van der Waals surface area (Å²) in [7, 11) is 0. The average molecular weight is 470 g/mol. The van der Waals surface area contributed by atoms with Crippen molar-refractivity contribution in [1.29, 1.82) is 0 Å². The lowest BCUT2D eigenvalue weighted by Gasteiger charge is -2.31. The molecule has 0 unspecified atom stereocenters. The summed E-state index contributed by atoms with van der Waals surface area (Å²) in [4.78, 5) is 32.8. The van der Waals surface area contributed by atoms with Gasteiger partial charge in [0.25, 0.3) is 5.91 Å². The highest BCUT2D eigenvalue weighted by Crippen LogP contribution is 2.36. The summed E-state index contributed by atoms with van der Waals surface area (Å²) in [6.07, 6.45) is 0.933. The van der Waals surface area contributed by atoms with E-state index in [9.17, 15) is 18.4 Å². The van der Waals surface area contributed by atoms with Crippen molar-refractivity contribution in [2.45, 2.75) is 32.6 Å². The van der Waals surface area contributed by atoms with Crippen LogP contribution in [-0.2, 0) is 4.79 Å². The molecule has 33 heavy (non-hydrogen) atoms. The lowest BCUT2D eigenvalue weighted by molar-refractivity contribution is -0.121. The van der Waals surface area contributed by atoms with Crippen LogP contribution in [0.25, 0.3) is 11.3 Å². The highest BCUT2D eigenvalue weighted by Gasteiger charge is 2.29. The van der Waals surface area contributed by atoms with Crippen molar-refractivity contribution < 1.29 is 18.4 Å². The van der Waals surface area contributed by atoms with Crippen LogP contribution in [0.15, 0.2) is 48.5 Å². The van der Waals surface area contributed by atoms with Gasteiger partial charge >= 0.3 is 0 Å². The first-order chi connectivity index (χ1) is 15.8. The van der Waals surface area contributed by atoms with Gasteiger partial charge in [-0.3, -0.25) is 9.59 Å². The van der Waals surface area contributed by atoms with Crippen molar-refractivity contribution in [3.63, 3.8) is 0 Å². The van der Waals surface area contributed by atoms with Crippen LogP contribution in [0, 0.1) is 17.6 Å². The molecule has 0 radical (unpaired) electrons. The van der Waals surface area contributed by atoms with Crippen molar-refractivity contribution in [3.8, 4) is 11.3 Å². The van der Waals surface area contributed by atoms with Crippen LogP contribution in [0.5, 0.6) is 0 Å². The summed E-state index contributed by atoms with van der Waals surface area (Å²) in [5.74, 6) is -2.21. The smallest absolute Gasteiger partial charge is 0.256 e. The first-order valence-corrected chi connectivity index (χ1v) is 11.8. The molecule has 8 heteroatoms. The maximum Gasteiger partial charge on any atom is 0.256 e. The van der Waals surface area contributed by atoms with Gasteiger partial charge in [-0.25, -0.2) is 13.8 Å². The van der Waals surface area contributed by atoms with E-state index in [2.05, 4.69) is 24.1 Å². The second-order valence-corrected chi connectivity index (χ2v) is 9.46. The minimum absolute atomic E-state index is 0.126. The fourth-order valence-electron chi connectivity index (χ4n) is 3.97. The van der Waals surface area contributed by atoms with Crippen LogP contribution >= 0.6 is 11.3 Å². The Hall–Kier alpha value is -3.13. The van der Waals surface area contributed by atoms with Crippen molar-refractivity contribution in [2.75, 3.05) is 18.4 Å². The largest absolute Gasteiger partial charge is 0.339 e. The van der Waals surface area contributed by atoms with Gasteiger partial charge in [0.1, 0.15) is 11.6 Å². The maximum absolute atomic E-state index is 14.0. The fraction of sp³-hybridized carbons (Fsp3) is 0.320. The molecule has 3 aromatic rings. The predicted octanol–water partition coefficient (Wildman–Crippen LogP) is 5.70. The number of amides is 2. The number of carbonyl (C=O) groups is 2. The average Bonchev–Trinajstić information content (AvgIpc) is 3.23. The predicted molar refractivity (Wildman–Crippen MR) is 125 cm³/mol. The second-order valence-electron chi connectivity index (χ2n) is 8.43. The zero-order valence-electron chi connectivity index (χ0n) is 18.5. The van der Waals surface area contributed by atoms with Crippen LogP contribution < -0.4 is 5.32 Å². The van der Waals surface area contributed by atoms with Gasteiger partial charge in [-0.15, -0.1) is 11.3 Å². The Morgan fingerprint density at radius 3 is 2.42 bits per heavy atom. The Morgan fingerprint density at radius 2 is 1.79 bits per heavy atom. The Labute approximate surface area is 195 Å². The highest BCUT2D eigenvalue weighted by molar-refractivity contribution is 7.16. The zero-order chi connectivity index (χ0) is 23.5. The molecule has 1 aromatic heterocycles. The van der Waals surface area contributed by atoms with E-state index in [4.69, 9.17) is 0 Å². The number of piperidine rings is 1. The number of thiazole rings is 1. The molecule has 0 spiro atoms. The van der Waals surface area contributed by atoms with E-state index in [-0.39, 0.29) is 23.3 Å². The van der Waals surface area contributed by atoms with E-state index >= 15 is 0 Å². The number of hydrogen-bond donors (Lipinski definition) is 1. The quantitative estimate of drug-likeness (QED) is 0.521. The molecule has 1 N–H and O–H groups in total. The molecule has 2 heterocycles. The number of halogens is 2. The van der Waals surface area contributed by atoms with Crippen molar-refractivity contribution >= 4 is 28.3 Å². The molecule has 0 bridgehead atoms. The van der Waals surface area contributed by atoms with Gasteiger partial charge in [0.2, 0.25) is 5.91 Å². The number of nitrogens with one attached hydrogen (secondary N) is 1. The van der Waals surface area contributed by atoms with E-state index in [1.54, 1.807) is 0 Å². The number of hydrogen-bond acceptors (Lipinski definition) is 4. The van der Waals surface area contributed by atoms with Gasteiger partial charge in [-0.2, -0.15) is 0 Å². The van der Waals surface area contributed by atoms with Crippen molar-refractivity contribution in [2.24, 2.45) is 5.92 Å². The number of aromatic nitrogens is 1. The van der Waals surface area contributed by atoms with Gasteiger partial charge < -0.3 is 10.2 Å². The standard InChI is InChI=1S/C25H25F2N3O2S/c1-15(2)22-21(16-6-4-3-5-7-16)28-25(33-22)29-23(31)17-10-12-30(13-11-17)24(32)19-9-8-18(26)14-20(19)27/h3-9,14-15,17H,10-13H2,1-2H3,(H,28,29,31). The molecule has 172 valence electrons. The fourth-order valence-corrected chi connectivity index (χ4v) is 4.96. The number of nitrogens with zero attached hydrogens (tertiary/aromatic N) is 2. The molecule has 0 aliphatic carbocycles. The lowest BCUT2D eigenvalue weighted by atomic mass is 9.95. The van der Waals surface area contributed by atoms with Gasteiger partial charge in [-0.1, -0.05) is 44.2 Å². The molecule has 0 saturated carbocycles. The van der Waals surface area contributed by atoms with Gasteiger partial charge in [0.15, 0.2) is 5.13 Å². The van der Waals surface area contributed by atoms with E-state index in [1.165, 1.54) is 16.2 Å². The highest BCUT2D eigenvalue weighted by atomic mass is 32.1. The Kier molecular flexibility index (Phi) is 6.83. The summed E-state index contributed by atoms with van der Waals surface area (Å²) in [5.41, 5.74) is 1.74. The van der Waals surface area contributed by atoms with Crippen LogP contribution in [0.1, 0.15) is 47.8 Å². The van der Waals surface area contributed by atoms with Gasteiger partial charge in [-0.05, 0) is 30.9 Å². The van der Waals surface area contributed by atoms with Crippen LogP contribution in [-0.4, -0.2) is 34.8 Å². The molecule has 0 atom stereocenters. The van der Waals surface area contributed by atoms with Crippen LogP contribution in [0.4, 0.5) is 13.9 Å². The van der Waals surface area contributed by atoms with Gasteiger partial charge in [0, 0.05) is 35.5 Å². The number of carbonyl (C=O) groups excluding carboxylic acids is 2. The minimum Gasteiger partial charge on any atom is -0.339 e. The van der Waals surface area contributed by atoms with Gasteiger partial charge in [0.05, 0.1) is 11.3 Å². The van der Waals surface area contributed by atoms with Crippen LogP contribution in [0.2, 0.25) is 0 Å². The van der Waals surface area contributed by atoms with Crippen LogP contribution in [0.3, 0.4) is 0 Å². The summed E-state index contributed by atoms with van der Waals surface area (Å²) in [6.45, 7) is 4.86. The first-order valence-electron chi connectivity index (χ1n) is 10.9. The number of likely N-dealkylation sites (tertiary alicyclic amines) is 1. The summed E-state index contributed by atoms with van der Waals surface area (Å²) in [6, 6.07) is 12.8. The summed E-state index contributed by atoms with van der Waals surface area (Å²) in [5, 5.41) is 3.52. The molecule has 5 nitrogen and oxygen atoms in total. The second kappa shape index (κ2) is 9.79. The molecule has 1 fully saturated rings. The normalized spacial score (nSPS) is 14.5. The third-order valence-corrected chi connectivity index (χ3v) is 7.04. The monoisotopic (exact) mass is 469 g/mol. The molecule has 2 amide bonds. The topological polar surface area (TPSA) is 62.3 Å². The summed E-state index contributed by atoms with van der Waals surface area (Å²) >= 11 is 1.48. The summed E-state index contributed by atoms with van der Waals surface area (Å²) < 4.78 is 27.1. The van der Waals surface area contributed by atoms with E-state index in [0.717, 1.165) is 28.3 Å². The molecule has 2 aromatic carbocycles.